The van der Waals surface area contributed by atoms with Gasteiger partial charge in [0.25, 0.3) is 0 Å². The number of carbonyl (C=O) groups excluding carboxylic acids is 1. The van der Waals surface area contributed by atoms with Gasteiger partial charge in [-0.05, 0) is 35.7 Å². The second-order valence-corrected chi connectivity index (χ2v) is 4.99. The molecule has 3 N–H and O–H groups in total. The highest BCUT2D eigenvalue weighted by molar-refractivity contribution is 5.79. The van der Waals surface area contributed by atoms with Crippen molar-refractivity contribution in [2.45, 2.75) is 25.9 Å². The molecule has 0 aliphatic heterocycles. The minimum absolute atomic E-state index is 0.104. The fourth-order valence-corrected chi connectivity index (χ4v) is 2.25. The lowest BCUT2D eigenvalue weighted by molar-refractivity contribution is -0.121. The number of amides is 1. The first-order chi connectivity index (χ1) is 10.1. The Morgan fingerprint density at radius 2 is 1.90 bits per heavy atom. The Bertz CT molecular complexity index is 628. The van der Waals surface area contributed by atoms with Gasteiger partial charge in [0.15, 0.2) is 0 Å². The molecular weight excluding hydrogens is 267 g/mol. The van der Waals surface area contributed by atoms with Gasteiger partial charge in [-0.15, -0.1) is 0 Å². The average molecular weight is 286 g/mol. The van der Waals surface area contributed by atoms with Crippen LogP contribution in [0.5, 0.6) is 0 Å². The topological polar surface area (TPSA) is 55.1 Å². The Morgan fingerprint density at radius 3 is 2.57 bits per heavy atom. The monoisotopic (exact) mass is 286 g/mol. The van der Waals surface area contributed by atoms with Crippen LogP contribution >= 0.6 is 0 Å². The van der Waals surface area contributed by atoms with E-state index in [0.29, 0.717) is 6.54 Å². The number of hydrogen-bond donors (Lipinski definition) is 2. The number of benzene rings is 2. The third kappa shape index (κ3) is 4.13. The third-order valence-electron chi connectivity index (χ3n) is 3.42. The van der Waals surface area contributed by atoms with E-state index in [2.05, 4.69) is 5.32 Å². The van der Waals surface area contributed by atoms with E-state index in [1.807, 2.05) is 31.2 Å². The van der Waals surface area contributed by atoms with Crippen molar-refractivity contribution in [1.29, 1.82) is 0 Å². The summed E-state index contributed by atoms with van der Waals surface area (Å²) in [5.74, 6) is -0.408. The van der Waals surface area contributed by atoms with Crippen LogP contribution in [0.3, 0.4) is 0 Å². The van der Waals surface area contributed by atoms with E-state index < -0.39 is 0 Å². The van der Waals surface area contributed by atoms with Crippen LogP contribution in [0.1, 0.15) is 29.7 Å². The van der Waals surface area contributed by atoms with Crippen LogP contribution in [0, 0.1) is 5.82 Å². The van der Waals surface area contributed by atoms with Crippen LogP contribution < -0.4 is 11.1 Å². The summed E-state index contributed by atoms with van der Waals surface area (Å²) in [7, 11) is 0. The van der Waals surface area contributed by atoms with E-state index in [1.54, 1.807) is 12.1 Å². The van der Waals surface area contributed by atoms with Gasteiger partial charge in [0, 0.05) is 6.54 Å². The summed E-state index contributed by atoms with van der Waals surface area (Å²) in [5.41, 5.74) is 8.29. The van der Waals surface area contributed by atoms with Gasteiger partial charge in [0.2, 0.25) is 5.91 Å². The summed E-state index contributed by atoms with van der Waals surface area (Å²) in [6.45, 7) is 2.24. The molecular formula is C17H19FN2O. The maximum absolute atomic E-state index is 13.2. The third-order valence-corrected chi connectivity index (χ3v) is 3.42. The average Bonchev–Trinajstić information content (AvgIpc) is 2.47. The van der Waals surface area contributed by atoms with E-state index in [-0.39, 0.29) is 24.2 Å². The van der Waals surface area contributed by atoms with Crippen LogP contribution in [0.4, 0.5) is 4.39 Å². The molecule has 0 unspecified atom stereocenters. The molecule has 1 amide bonds. The minimum Gasteiger partial charge on any atom is -0.349 e. The van der Waals surface area contributed by atoms with Crippen molar-refractivity contribution in [2.75, 3.05) is 0 Å². The van der Waals surface area contributed by atoms with Crippen LogP contribution in [0.15, 0.2) is 48.5 Å². The van der Waals surface area contributed by atoms with Crippen molar-refractivity contribution in [2.24, 2.45) is 5.73 Å². The highest BCUT2D eigenvalue weighted by Crippen LogP contribution is 2.14. The summed E-state index contributed by atoms with van der Waals surface area (Å²) in [6, 6.07) is 13.6. The predicted octanol–water partition coefficient (Wildman–Crippen LogP) is 2.70. The van der Waals surface area contributed by atoms with Gasteiger partial charge in [-0.1, -0.05) is 36.4 Å². The molecule has 2 rings (SSSR count). The molecule has 4 heteroatoms. The van der Waals surface area contributed by atoms with Crippen molar-refractivity contribution in [1.82, 2.24) is 5.32 Å². The standard InChI is InChI=1S/C17H19FN2O/c1-12(13-7-4-8-16(18)9-13)20-17(21)10-14-5-2-3-6-15(14)11-19/h2-9,12H,10-11,19H2,1H3,(H,20,21)/t12-/m0/s1. The van der Waals surface area contributed by atoms with E-state index in [1.165, 1.54) is 12.1 Å². The van der Waals surface area contributed by atoms with E-state index in [9.17, 15) is 9.18 Å². The SMILES string of the molecule is C[C@H](NC(=O)Cc1ccccc1CN)c1cccc(F)c1. The molecule has 0 fully saturated rings. The normalized spacial score (nSPS) is 12.0. The largest absolute Gasteiger partial charge is 0.349 e. The predicted molar refractivity (Wildman–Crippen MR) is 81.0 cm³/mol. The lowest BCUT2D eigenvalue weighted by Crippen LogP contribution is -2.28. The van der Waals surface area contributed by atoms with Crippen molar-refractivity contribution >= 4 is 5.91 Å². The maximum Gasteiger partial charge on any atom is 0.224 e. The summed E-state index contributed by atoms with van der Waals surface area (Å²) >= 11 is 0. The molecule has 0 radical (unpaired) electrons. The summed E-state index contributed by atoms with van der Waals surface area (Å²) in [5, 5.41) is 2.88. The quantitative estimate of drug-likeness (QED) is 0.888. The first kappa shape index (κ1) is 15.2. The fourth-order valence-electron chi connectivity index (χ4n) is 2.25. The summed E-state index contributed by atoms with van der Waals surface area (Å²) in [4.78, 5) is 12.1. The van der Waals surface area contributed by atoms with Crippen LogP contribution in [0.25, 0.3) is 0 Å². The molecule has 1 atom stereocenters. The summed E-state index contributed by atoms with van der Waals surface area (Å²) in [6.07, 6.45) is 0.271. The first-order valence-corrected chi connectivity index (χ1v) is 6.92. The molecule has 0 aliphatic carbocycles. The molecule has 0 aliphatic rings. The first-order valence-electron chi connectivity index (χ1n) is 6.92. The number of nitrogens with two attached hydrogens (primary N) is 1. The highest BCUT2D eigenvalue weighted by atomic mass is 19.1. The van der Waals surface area contributed by atoms with Gasteiger partial charge in [-0.2, -0.15) is 0 Å². The van der Waals surface area contributed by atoms with Crippen LogP contribution in [-0.4, -0.2) is 5.91 Å². The van der Waals surface area contributed by atoms with Gasteiger partial charge in [0.1, 0.15) is 5.82 Å². The maximum atomic E-state index is 13.2. The van der Waals surface area contributed by atoms with E-state index in [0.717, 1.165) is 16.7 Å². The Morgan fingerprint density at radius 1 is 1.19 bits per heavy atom. The molecule has 0 spiro atoms. The number of nitrogens with one attached hydrogen (secondary N) is 1. The second-order valence-electron chi connectivity index (χ2n) is 4.99. The Hall–Kier alpha value is -2.20. The minimum atomic E-state index is -0.304. The number of rotatable bonds is 5. The van der Waals surface area contributed by atoms with E-state index in [4.69, 9.17) is 5.73 Å². The van der Waals surface area contributed by atoms with Gasteiger partial charge in [0.05, 0.1) is 12.5 Å². The molecule has 3 nitrogen and oxygen atoms in total. The van der Waals surface area contributed by atoms with Gasteiger partial charge in [-0.3, -0.25) is 4.79 Å². The van der Waals surface area contributed by atoms with Gasteiger partial charge < -0.3 is 11.1 Å². The molecule has 110 valence electrons. The van der Waals surface area contributed by atoms with Crippen molar-refractivity contribution in [3.63, 3.8) is 0 Å². The lowest BCUT2D eigenvalue weighted by Gasteiger charge is -2.15. The zero-order valence-corrected chi connectivity index (χ0v) is 12.0. The van der Waals surface area contributed by atoms with Crippen molar-refractivity contribution in [3.8, 4) is 0 Å². The highest BCUT2D eigenvalue weighted by Gasteiger charge is 2.12. The number of carbonyl (C=O) groups is 1. The zero-order chi connectivity index (χ0) is 15.2. The van der Waals surface area contributed by atoms with Crippen LogP contribution in [-0.2, 0) is 17.8 Å². The molecule has 0 aromatic heterocycles. The molecule has 0 saturated heterocycles. The number of hydrogen-bond acceptors (Lipinski definition) is 2. The Balaban J connectivity index is 2.01. The van der Waals surface area contributed by atoms with Crippen LogP contribution in [0.2, 0.25) is 0 Å². The molecule has 0 saturated carbocycles. The van der Waals surface area contributed by atoms with Gasteiger partial charge in [-0.25, -0.2) is 4.39 Å². The number of halogens is 1. The smallest absolute Gasteiger partial charge is 0.224 e. The lowest BCUT2D eigenvalue weighted by atomic mass is 10.0. The Kier molecular flexibility index (Phi) is 5.06. The van der Waals surface area contributed by atoms with Crippen molar-refractivity contribution in [3.05, 3.63) is 71.0 Å². The molecule has 2 aromatic rings. The van der Waals surface area contributed by atoms with Gasteiger partial charge >= 0.3 is 0 Å². The Labute approximate surface area is 124 Å². The van der Waals surface area contributed by atoms with Crippen molar-refractivity contribution < 1.29 is 9.18 Å². The molecule has 2 aromatic carbocycles. The van der Waals surface area contributed by atoms with E-state index >= 15 is 0 Å². The fraction of sp³-hybridized carbons (Fsp3) is 0.235. The molecule has 0 heterocycles. The second kappa shape index (κ2) is 6.99. The zero-order valence-electron chi connectivity index (χ0n) is 12.0. The molecule has 0 bridgehead atoms. The molecule has 21 heavy (non-hydrogen) atoms. The summed E-state index contributed by atoms with van der Waals surface area (Å²) < 4.78 is 13.2.